The molecule has 1 aliphatic heterocycles. The van der Waals surface area contributed by atoms with Gasteiger partial charge < -0.3 is 54.0 Å². The Hall–Kier alpha value is -3.98. The van der Waals surface area contributed by atoms with E-state index in [4.69, 9.17) is 28.1 Å². The number of amides is 2. The van der Waals surface area contributed by atoms with Crippen LogP contribution in [0.5, 0.6) is 0 Å². The van der Waals surface area contributed by atoms with E-state index >= 15 is 0 Å². The summed E-state index contributed by atoms with van der Waals surface area (Å²) < 4.78 is 0. The second-order valence-corrected chi connectivity index (χ2v) is 7.03. The first-order chi connectivity index (χ1) is 16.5. The number of hydrogen-bond donors (Lipinski definition) is 7. The lowest BCUT2D eigenvalue weighted by molar-refractivity contribution is -0.128. The van der Waals surface area contributed by atoms with Crippen LogP contribution >= 0.6 is 0 Å². The number of nitrogens with one attached hydrogen (secondary N) is 1. The minimum atomic E-state index is 0.0926. The van der Waals surface area contributed by atoms with Gasteiger partial charge in [0, 0.05) is 48.1 Å². The first-order valence-electron chi connectivity index (χ1n) is 10.7. The average Bonchev–Trinajstić information content (AvgIpc) is 3.31. The number of amidine groups is 4. The number of carbonyl (C=O) groups excluding carboxylic acids is 2. The predicted molar refractivity (Wildman–Crippen MR) is 147 cm³/mol. The van der Waals surface area contributed by atoms with E-state index in [0.29, 0.717) is 17.5 Å². The summed E-state index contributed by atoms with van der Waals surface area (Å²) in [6.45, 7) is 11.6. The number of hydrogen-bond acceptors (Lipinski definition) is 10. The van der Waals surface area contributed by atoms with Gasteiger partial charge in [-0.15, -0.1) is 0 Å². The zero-order chi connectivity index (χ0) is 29.7. The molecule has 16 nitrogen and oxygen atoms in total. The van der Waals surface area contributed by atoms with Crippen LogP contribution in [0.4, 0.5) is 0 Å². The molecule has 0 bridgehead atoms. The Morgan fingerprint density at radius 3 is 1.31 bits per heavy atom. The number of nitrogens with zero attached hydrogens (tertiary/aromatic N) is 6. The number of likely N-dealkylation sites (tertiary alicyclic amines) is 1. The molecule has 0 radical (unpaired) electrons. The number of carbonyl (C=O) groups is 2. The Kier molecular flexibility index (Phi) is 36.4. The van der Waals surface area contributed by atoms with Crippen molar-refractivity contribution in [3.8, 4) is 0 Å². The normalized spacial score (nSPS) is 12.7. The summed E-state index contributed by atoms with van der Waals surface area (Å²) >= 11 is 0. The summed E-state index contributed by atoms with van der Waals surface area (Å²) in [4.78, 5) is 28.3. The fourth-order valence-electron chi connectivity index (χ4n) is 1.35. The molecule has 0 unspecified atom stereocenters. The van der Waals surface area contributed by atoms with Crippen LogP contribution in [0.1, 0.15) is 54.4 Å². The van der Waals surface area contributed by atoms with E-state index in [9.17, 15) is 9.59 Å². The highest BCUT2D eigenvalue weighted by atomic mass is 16.6. The summed E-state index contributed by atoms with van der Waals surface area (Å²) in [5.74, 6) is 6.54. The molecule has 0 aliphatic carbocycles. The molecule has 214 valence electrons. The molecular weight excluding hydrogens is 472 g/mol. The third kappa shape index (κ3) is 57.2. The fourth-order valence-corrected chi connectivity index (χ4v) is 1.35. The molecule has 0 saturated carbocycles. The highest BCUT2D eigenvalue weighted by Gasteiger charge is 2.12. The number of hydrazone groups is 2. The Balaban J connectivity index is -0.000000108. The Morgan fingerprint density at radius 1 is 0.889 bits per heavy atom. The maximum absolute atomic E-state index is 10.6. The molecule has 1 saturated heterocycles. The van der Waals surface area contributed by atoms with Gasteiger partial charge in [0.05, 0.1) is 0 Å². The van der Waals surface area contributed by atoms with Crippen molar-refractivity contribution in [1.82, 2.24) is 15.2 Å². The van der Waals surface area contributed by atoms with Crippen LogP contribution in [0, 0.1) is 0 Å². The molecule has 2 amide bonds. The summed E-state index contributed by atoms with van der Waals surface area (Å²) in [5.41, 5.74) is 22.4. The van der Waals surface area contributed by atoms with Crippen molar-refractivity contribution in [3.05, 3.63) is 0 Å². The fraction of sp³-hybridized carbons (Fsp3) is 0.700. The average molecular weight is 523 g/mol. The molecule has 1 heterocycles. The third-order valence-electron chi connectivity index (χ3n) is 3.07. The highest BCUT2D eigenvalue weighted by molar-refractivity contribution is 5.77. The van der Waals surface area contributed by atoms with E-state index in [2.05, 4.69) is 36.6 Å². The quantitative estimate of drug-likeness (QED) is 0.0774. The molecule has 1 fully saturated rings. The van der Waals surface area contributed by atoms with Crippen LogP contribution in [0.3, 0.4) is 0 Å². The van der Waals surface area contributed by atoms with Crippen LogP contribution in [-0.2, 0) is 14.4 Å². The van der Waals surface area contributed by atoms with Gasteiger partial charge in [-0.25, -0.2) is 0 Å². The van der Waals surface area contributed by atoms with Crippen molar-refractivity contribution in [2.24, 2.45) is 49.3 Å². The van der Waals surface area contributed by atoms with Gasteiger partial charge in [-0.3, -0.25) is 9.59 Å². The predicted octanol–water partition coefficient (Wildman–Crippen LogP) is -0.864. The minimum Gasteiger partial charge on any atom is -0.409 e. The van der Waals surface area contributed by atoms with E-state index < -0.39 is 0 Å². The largest absolute Gasteiger partial charge is 0.409 e. The van der Waals surface area contributed by atoms with Gasteiger partial charge in [-0.2, -0.15) is 10.2 Å². The maximum Gasteiger partial charge on any atom is 0.219 e. The van der Waals surface area contributed by atoms with E-state index in [1.165, 1.54) is 38.7 Å². The molecule has 0 aromatic heterocycles. The first kappa shape index (κ1) is 42.2. The number of rotatable bonds is 2. The van der Waals surface area contributed by atoms with Crippen molar-refractivity contribution < 1.29 is 19.6 Å². The molecule has 1 aliphatic rings. The lowest BCUT2D eigenvalue weighted by Crippen LogP contribution is -2.24. The van der Waals surface area contributed by atoms with Crippen molar-refractivity contribution in [3.63, 3.8) is 0 Å². The molecule has 1 rings (SSSR count). The molecule has 0 aromatic rings. The van der Waals surface area contributed by atoms with Gasteiger partial charge in [-0.05, 0) is 40.5 Å². The molecule has 16 heteroatoms. The van der Waals surface area contributed by atoms with E-state index in [1.807, 2.05) is 4.90 Å². The molecular formula is C20H50N12O4. The van der Waals surface area contributed by atoms with Gasteiger partial charge in [0.25, 0.3) is 0 Å². The van der Waals surface area contributed by atoms with E-state index in [1.54, 1.807) is 48.8 Å². The Bertz CT molecular complexity index is 609. The Morgan fingerprint density at radius 2 is 1.25 bits per heavy atom. The number of nitrogens with two attached hydrogens (primary N) is 5. The zero-order valence-corrected chi connectivity index (χ0v) is 23.6. The lowest BCUT2D eigenvalue weighted by Gasteiger charge is -2.10. The SMILES string of the molecule is CC(=O)N(C)C.CC(=O)N1CCCC1.CC(N)=NN.CC(N)=NO.CNN=C(C)N.CON=C(C)N. The van der Waals surface area contributed by atoms with Crippen molar-refractivity contribution >= 4 is 35.2 Å². The van der Waals surface area contributed by atoms with Crippen molar-refractivity contribution in [1.29, 1.82) is 0 Å². The van der Waals surface area contributed by atoms with Crippen molar-refractivity contribution in [2.45, 2.75) is 54.4 Å². The second kappa shape index (κ2) is 31.0. The summed E-state index contributed by atoms with van der Waals surface area (Å²) in [6.07, 6.45) is 2.39. The highest BCUT2D eigenvalue weighted by Crippen LogP contribution is 2.06. The Labute approximate surface area is 215 Å². The molecule has 0 aromatic carbocycles. The third-order valence-corrected chi connectivity index (χ3v) is 3.07. The van der Waals surface area contributed by atoms with Crippen LogP contribution in [0.15, 0.2) is 20.5 Å². The second-order valence-electron chi connectivity index (χ2n) is 7.03. The lowest BCUT2D eigenvalue weighted by atomic mass is 10.4. The summed E-state index contributed by atoms with van der Waals surface area (Å²) in [6, 6.07) is 0. The van der Waals surface area contributed by atoms with Gasteiger partial charge >= 0.3 is 0 Å². The smallest absolute Gasteiger partial charge is 0.219 e. The zero-order valence-electron chi connectivity index (χ0n) is 23.6. The standard InChI is InChI=1S/C6H11NO.C4H9NO.C3H9N3.C3H8N2O.C2H7N3.C2H6N2O/c1-6(8)7-4-2-3-5-7;1-4(6)5(2)3;1-3(4)6-5-2;1-3(4)5-6-2;1-2(3)5-4;1-2(3)4-5/h2-5H2,1H3;1-3H3;5H,1-2H3,(H2,4,6);1-2H3,(H2,4,5);4H2,1H3,(H2,3,5);5H,1H3,(H2,3,4). The van der Waals surface area contributed by atoms with Gasteiger partial charge in [0.2, 0.25) is 11.8 Å². The van der Waals surface area contributed by atoms with Crippen LogP contribution in [0.2, 0.25) is 0 Å². The van der Waals surface area contributed by atoms with Gasteiger partial charge in [0.15, 0.2) is 0 Å². The monoisotopic (exact) mass is 522 g/mol. The van der Waals surface area contributed by atoms with Crippen LogP contribution in [0.25, 0.3) is 0 Å². The summed E-state index contributed by atoms with van der Waals surface area (Å²) in [5, 5.41) is 20.2. The van der Waals surface area contributed by atoms with Gasteiger partial charge in [-0.1, -0.05) is 10.3 Å². The molecule has 12 N–H and O–H groups in total. The summed E-state index contributed by atoms with van der Waals surface area (Å²) in [7, 11) is 6.61. The van der Waals surface area contributed by atoms with E-state index in [-0.39, 0.29) is 17.6 Å². The minimum absolute atomic E-state index is 0.0926. The topological polar surface area (TPSA) is 262 Å². The number of oxime groups is 2. The maximum atomic E-state index is 10.6. The molecule has 0 atom stereocenters. The first-order valence-corrected chi connectivity index (χ1v) is 10.7. The molecule has 0 spiro atoms. The van der Waals surface area contributed by atoms with Crippen LogP contribution < -0.4 is 34.2 Å². The van der Waals surface area contributed by atoms with Crippen molar-refractivity contribution in [2.75, 3.05) is 41.3 Å². The van der Waals surface area contributed by atoms with Crippen LogP contribution in [-0.4, -0.2) is 91.5 Å². The van der Waals surface area contributed by atoms with E-state index in [0.717, 1.165) is 13.1 Å². The van der Waals surface area contributed by atoms with Gasteiger partial charge in [0.1, 0.15) is 30.5 Å². The molecule has 36 heavy (non-hydrogen) atoms.